The van der Waals surface area contributed by atoms with E-state index in [0.717, 1.165) is 25.7 Å². The number of aliphatic hydroxyl groups excluding tert-OH is 1. The fourth-order valence-electron chi connectivity index (χ4n) is 4.38. The molecular formula is C20H31NO6. The van der Waals surface area contributed by atoms with E-state index in [9.17, 15) is 14.7 Å². The monoisotopic (exact) mass is 381 g/mol. The number of Topliss-reactive ketones (excluding diaryl/α,β-unsaturated/α-hetero) is 1. The highest BCUT2D eigenvalue weighted by Crippen LogP contribution is 2.53. The molecule has 27 heavy (non-hydrogen) atoms. The number of ketones is 1. The van der Waals surface area contributed by atoms with E-state index in [1.54, 1.807) is 6.92 Å². The lowest BCUT2D eigenvalue weighted by atomic mass is 9.78. The van der Waals surface area contributed by atoms with Gasteiger partial charge in [-0.05, 0) is 39.5 Å². The summed E-state index contributed by atoms with van der Waals surface area (Å²) in [5.74, 6) is -0.364. The van der Waals surface area contributed by atoms with Gasteiger partial charge in [-0.2, -0.15) is 0 Å². The summed E-state index contributed by atoms with van der Waals surface area (Å²) in [6.45, 7) is 7.20. The minimum absolute atomic E-state index is 0.116. The molecule has 1 N–H and O–H groups in total. The van der Waals surface area contributed by atoms with Crippen LogP contribution in [0.2, 0.25) is 0 Å². The summed E-state index contributed by atoms with van der Waals surface area (Å²) in [5.41, 5.74) is -0.495. The molecule has 3 aliphatic rings. The van der Waals surface area contributed by atoms with Crippen LogP contribution in [0.4, 0.5) is 0 Å². The molecule has 2 heterocycles. The standard InChI is InChI=1S/C20H31NO6/c1-5-6-10-25-18-17-19(21(14(4)23)11-12(2)13(3)22)27-20(18)15(24)8-7-9-16(20)26-17/h11,15-19,24H,5-10H2,1-4H3/b12-11-/t15-,16-,17+,18-,19-,20?/m1/s1. The van der Waals surface area contributed by atoms with Crippen LogP contribution in [0.5, 0.6) is 0 Å². The summed E-state index contributed by atoms with van der Waals surface area (Å²) in [6, 6.07) is 0. The van der Waals surface area contributed by atoms with Crippen LogP contribution in [0.1, 0.15) is 59.8 Å². The number of carbonyl (C=O) groups is 2. The second kappa shape index (κ2) is 7.99. The average molecular weight is 381 g/mol. The SMILES string of the molecule is CCCCO[C@@H]1[C@@H]2O[C@@H]3CCC[C@@H](O)C13O[C@H]2N(/C=C(/C)C(C)=O)C(C)=O. The minimum atomic E-state index is -0.951. The van der Waals surface area contributed by atoms with Gasteiger partial charge in [0, 0.05) is 25.3 Å². The van der Waals surface area contributed by atoms with Crippen molar-refractivity contribution < 1.29 is 28.9 Å². The molecule has 1 saturated carbocycles. The molecule has 2 saturated heterocycles. The number of hydrogen-bond acceptors (Lipinski definition) is 6. The summed E-state index contributed by atoms with van der Waals surface area (Å²) < 4.78 is 18.7. The molecule has 0 aromatic rings. The van der Waals surface area contributed by atoms with E-state index in [1.165, 1.54) is 24.9 Å². The highest BCUT2D eigenvalue weighted by Gasteiger charge is 2.71. The number of unbranched alkanes of at least 4 members (excludes halogenated alkanes) is 1. The van der Waals surface area contributed by atoms with Crippen molar-refractivity contribution in [2.24, 2.45) is 0 Å². The van der Waals surface area contributed by atoms with Crippen LogP contribution in [0.15, 0.2) is 11.8 Å². The number of allylic oxidation sites excluding steroid dienone is 1. The molecule has 3 rings (SSSR count). The number of amides is 1. The predicted octanol–water partition coefficient (Wildman–Crippen LogP) is 1.92. The molecule has 7 nitrogen and oxygen atoms in total. The largest absolute Gasteiger partial charge is 0.390 e. The maximum atomic E-state index is 12.3. The van der Waals surface area contributed by atoms with Crippen molar-refractivity contribution in [1.29, 1.82) is 0 Å². The van der Waals surface area contributed by atoms with Crippen LogP contribution in [-0.4, -0.2) is 64.5 Å². The van der Waals surface area contributed by atoms with Gasteiger partial charge in [0.05, 0.1) is 12.2 Å². The van der Waals surface area contributed by atoms with Gasteiger partial charge >= 0.3 is 0 Å². The van der Waals surface area contributed by atoms with E-state index < -0.39 is 30.1 Å². The van der Waals surface area contributed by atoms with Crippen molar-refractivity contribution in [3.05, 3.63) is 11.8 Å². The van der Waals surface area contributed by atoms with Gasteiger partial charge in [0.25, 0.3) is 0 Å². The number of rotatable bonds is 7. The second-order valence-electron chi connectivity index (χ2n) is 7.84. The molecule has 1 spiro atoms. The Morgan fingerprint density at radius 2 is 2.04 bits per heavy atom. The van der Waals surface area contributed by atoms with Crippen LogP contribution < -0.4 is 0 Å². The first-order chi connectivity index (χ1) is 12.8. The molecule has 2 aliphatic heterocycles. The number of ether oxygens (including phenoxy) is 3. The maximum Gasteiger partial charge on any atom is 0.225 e. The lowest BCUT2D eigenvalue weighted by Crippen LogP contribution is -2.60. The molecule has 0 aromatic heterocycles. The third-order valence-electron chi connectivity index (χ3n) is 5.96. The summed E-state index contributed by atoms with van der Waals surface area (Å²) in [7, 11) is 0. The molecule has 0 radical (unpaired) electrons. The number of aliphatic hydroxyl groups is 1. The Labute approximate surface area is 160 Å². The topological polar surface area (TPSA) is 85.3 Å². The zero-order valence-electron chi connectivity index (χ0n) is 16.6. The van der Waals surface area contributed by atoms with Crippen molar-refractivity contribution in [3.8, 4) is 0 Å². The molecule has 7 heteroatoms. The first-order valence-corrected chi connectivity index (χ1v) is 9.94. The van der Waals surface area contributed by atoms with E-state index in [0.29, 0.717) is 18.6 Å². The van der Waals surface area contributed by atoms with Gasteiger partial charge in [0.1, 0.15) is 12.2 Å². The van der Waals surface area contributed by atoms with Gasteiger partial charge in [0.15, 0.2) is 17.6 Å². The van der Waals surface area contributed by atoms with E-state index >= 15 is 0 Å². The molecule has 1 amide bonds. The quantitative estimate of drug-likeness (QED) is 0.536. The van der Waals surface area contributed by atoms with Gasteiger partial charge in [0.2, 0.25) is 5.91 Å². The van der Waals surface area contributed by atoms with Gasteiger partial charge in [-0.25, -0.2) is 0 Å². The van der Waals surface area contributed by atoms with E-state index in [2.05, 4.69) is 6.92 Å². The normalized spacial score (nSPS) is 38.0. The lowest BCUT2D eigenvalue weighted by Gasteiger charge is -2.45. The molecule has 2 bridgehead atoms. The molecule has 6 atom stereocenters. The molecule has 152 valence electrons. The number of fused-ring (bicyclic) bond motifs is 1. The summed E-state index contributed by atoms with van der Waals surface area (Å²) in [4.78, 5) is 25.4. The Hall–Kier alpha value is -1.28. The van der Waals surface area contributed by atoms with Gasteiger partial charge in [-0.15, -0.1) is 0 Å². The third kappa shape index (κ3) is 3.46. The minimum Gasteiger partial charge on any atom is -0.390 e. The van der Waals surface area contributed by atoms with Crippen molar-refractivity contribution in [3.63, 3.8) is 0 Å². The molecule has 0 aromatic carbocycles. The number of nitrogens with zero attached hydrogens (tertiary/aromatic N) is 1. The first kappa shape index (κ1) is 20.5. The summed E-state index contributed by atoms with van der Waals surface area (Å²) in [6.07, 6.45) is 3.15. The predicted molar refractivity (Wildman–Crippen MR) is 97.7 cm³/mol. The zero-order valence-corrected chi connectivity index (χ0v) is 16.6. The molecule has 1 unspecified atom stereocenters. The van der Waals surface area contributed by atoms with Crippen molar-refractivity contribution in [1.82, 2.24) is 4.90 Å². The van der Waals surface area contributed by atoms with Gasteiger partial charge < -0.3 is 19.3 Å². The third-order valence-corrected chi connectivity index (χ3v) is 5.96. The van der Waals surface area contributed by atoms with Crippen LogP contribution >= 0.6 is 0 Å². The second-order valence-corrected chi connectivity index (χ2v) is 7.84. The van der Waals surface area contributed by atoms with Crippen LogP contribution in [0.25, 0.3) is 0 Å². The van der Waals surface area contributed by atoms with Crippen LogP contribution in [0, 0.1) is 0 Å². The Balaban J connectivity index is 1.91. The Morgan fingerprint density at radius 1 is 1.30 bits per heavy atom. The summed E-state index contributed by atoms with van der Waals surface area (Å²) >= 11 is 0. The van der Waals surface area contributed by atoms with Gasteiger partial charge in [-0.1, -0.05) is 13.3 Å². The Kier molecular flexibility index (Phi) is 6.05. The van der Waals surface area contributed by atoms with E-state index in [4.69, 9.17) is 14.2 Å². The average Bonchev–Trinajstić information content (AvgIpc) is 3.09. The Morgan fingerprint density at radius 3 is 2.67 bits per heavy atom. The summed E-state index contributed by atoms with van der Waals surface area (Å²) in [5, 5.41) is 10.8. The van der Waals surface area contributed by atoms with Crippen molar-refractivity contribution >= 4 is 11.7 Å². The van der Waals surface area contributed by atoms with E-state index in [1.807, 2.05) is 0 Å². The fraction of sp³-hybridized carbons (Fsp3) is 0.800. The molecular weight excluding hydrogens is 350 g/mol. The molecule has 3 fully saturated rings. The first-order valence-electron chi connectivity index (χ1n) is 9.94. The lowest BCUT2D eigenvalue weighted by molar-refractivity contribution is -0.260. The number of hydrogen-bond donors (Lipinski definition) is 1. The Bertz CT molecular complexity index is 620. The number of carbonyl (C=O) groups excluding carboxylic acids is 2. The van der Waals surface area contributed by atoms with Crippen LogP contribution in [0.3, 0.4) is 0 Å². The highest BCUT2D eigenvalue weighted by atomic mass is 16.7. The van der Waals surface area contributed by atoms with Crippen LogP contribution in [-0.2, 0) is 23.8 Å². The smallest absolute Gasteiger partial charge is 0.225 e. The fourth-order valence-corrected chi connectivity index (χ4v) is 4.38. The van der Waals surface area contributed by atoms with Gasteiger partial charge in [-0.3, -0.25) is 14.5 Å². The van der Waals surface area contributed by atoms with Crippen molar-refractivity contribution in [2.75, 3.05) is 6.61 Å². The van der Waals surface area contributed by atoms with E-state index in [-0.39, 0.29) is 17.8 Å². The molecule has 1 aliphatic carbocycles. The van der Waals surface area contributed by atoms with Crippen molar-refractivity contribution in [2.45, 2.75) is 96.0 Å². The zero-order chi connectivity index (χ0) is 19.8. The maximum absolute atomic E-state index is 12.3. The highest BCUT2D eigenvalue weighted by molar-refractivity contribution is 5.93.